The Morgan fingerprint density at radius 2 is 2.00 bits per heavy atom. The van der Waals surface area contributed by atoms with E-state index in [-0.39, 0.29) is 18.2 Å². The Bertz CT molecular complexity index is 652. The van der Waals surface area contributed by atoms with Gasteiger partial charge in [-0.25, -0.2) is 13.1 Å². The van der Waals surface area contributed by atoms with Crippen LogP contribution in [0.15, 0.2) is 28.8 Å². The van der Waals surface area contributed by atoms with Crippen LogP contribution in [0.3, 0.4) is 0 Å². The quantitative estimate of drug-likeness (QED) is 0.910. The zero-order chi connectivity index (χ0) is 13.9. The minimum atomic E-state index is -3.27. The summed E-state index contributed by atoms with van der Waals surface area (Å²) in [6, 6.07) is 6.94. The molecule has 2 rings (SSSR count). The van der Waals surface area contributed by atoms with Crippen LogP contribution in [0.5, 0.6) is 0 Å². The van der Waals surface area contributed by atoms with Gasteiger partial charge >= 0.3 is 0 Å². The third-order valence-electron chi connectivity index (χ3n) is 2.39. The first kappa shape index (κ1) is 14.0. The molecule has 2 aromatic rings. The largest absolute Gasteiger partial charge is 0.338 e. The van der Waals surface area contributed by atoms with Crippen molar-refractivity contribution in [3.63, 3.8) is 0 Å². The van der Waals surface area contributed by atoms with Crippen LogP contribution >= 0.6 is 11.6 Å². The topological polar surface area (TPSA) is 85.1 Å². The van der Waals surface area contributed by atoms with E-state index in [0.717, 1.165) is 5.56 Å². The number of halogens is 1. The summed E-state index contributed by atoms with van der Waals surface area (Å²) in [7, 11) is -3.27. The molecular weight excluding hydrogens is 290 g/mol. The molecule has 0 spiro atoms. The Morgan fingerprint density at radius 3 is 2.63 bits per heavy atom. The van der Waals surface area contributed by atoms with E-state index >= 15 is 0 Å². The second kappa shape index (κ2) is 5.68. The Kier molecular flexibility index (Phi) is 4.18. The molecule has 1 N–H and O–H groups in total. The molecule has 0 saturated heterocycles. The lowest BCUT2D eigenvalue weighted by atomic mass is 10.2. The predicted molar refractivity (Wildman–Crippen MR) is 71.0 cm³/mol. The summed E-state index contributed by atoms with van der Waals surface area (Å²) in [6.07, 6.45) is 0. The number of sulfonamides is 1. The van der Waals surface area contributed by atoms with Gasteiger partial charge in [0.25, 0.3) is 0 Å². The first-order valence-electron chi connectivity index (χ1n) is 5.56. The summed E-state index contributed by atoms with van der Waals surface area (Å²) in [4.78, 5) is 4.10. The van der Waals surface area contributed by atoms with E-state index in [1.807, 2.05) is 0 Å². The summed E-state index contributed by atoms with van der Waals surface area (Å²) < 4.78 is 29.9. The molecule has 0 amide bonds. The minimum absolute atomic E-state index is 0.00514. The van der Waals surface area contributed by atoms with E-state index in [1.54, 1.807) is 31.2 Å². The molecule has 0 atom stereocenters. The van der Waals surface area contributed by atoms with Crippen LogP contribution in [-0.4, -0.2) is 24.3 Å². The number of rotatable bonds is 5. The lowest BCUT2D eigenvalue weighted by Gasteiger charge is -1.99. The van der Waals surface area contributed by atoms with Gasteiger partial charge in [-0.1, -0.05) is 16.8 Å². The Labute approximate surface area is 115 Å². The van der Waals surface area contributed by atoms with Crippen molar-refractivity contribution in [2.75, 3.05) is 5.75 Å². The van der Waals surface area contributed by atoms with Crippen LogP contribution < -0.4 is 4.72 Å². The number of hydrogen-bond acceptors (Lipinski definition) is 5. The summed E-state index contributed by atoms with van der Waals surface area (Å²) in [6.45, 7) is 1.53. The molecule has 102 valence electrons. The molecule has 0 unspecified atom stereocenters. The normalized spacial score (nSPS) is 11.7. The highest BCUT2D eigenvalue weighted by Gasteiger charge is 2.12. The Balaban J connectivity index is 2.09. The van der Waals surface area contributed by atoms with E-state index in [2.05, 4.69) is 14.9 Å². The monoisotopic (exact) mass is 301 g/mol. The maximum Gasteiger partial charge on any atom is 0.242 e. The molecule has 0 aliphatic carbocycles. The maximum absolute atomic E-state index is 11.3. The molecule has 0 aliphatic heterocycles. The van der Waals surface area contributed by atoms with Gasteiger partial charge in [0.1, 0.15) is 0 Å². The lowest BCUT2D eigenvalue weighted by Crippen LogP contribution is -2.24. The van der Waals surface area contributed by atoms with Crippen LogP contribution in [0, 0.1) is 0 Å². The fourth-order valence-electron chi connectivity index (χ4n) is 1.32. The second-order valence-corrected chi connectivity index (χ2v) is 6.28. The predicted octanol–water partition coefficient (Wildman–Crippen LogP) is 1.83. The van der Waals surface area contributed by atoms with Crippen LogP contribution in [0.4, 0.5) is 0 Å². The average molecular weight is 302 g/mol. The summed E-state index contributed by atoms with van der Waals surface area (Å²) in [5, 5.41) is 4.39. The molecule has 1 heterocycles. The summed E-state index contributed by atoms with van der Waals surface area (Å²) in [5.41, 5.74) is 0.748. The van der Waals surface area contributed by atoms with Crippen molar-refractivity contribution in [1.82, 2.24) is 14.9 Å². The third kappa shape index (κ3) is 3.76. The molecule has 1 aromatic carbocycles. The van der Waals surface area contributed by atoms with E-state index in [1.165, 1.54) is 0 Å². The number of aromatic nitrogens is 2. The molecule has 0 fully saturated rings. The van der Waals surface area contributed by atoms with Gasteiger partial charge in [-0.15, -0.1) is 0 Å². The van der Waals surface area contributed by atoms with Crippen LogP contribution in [0.2, 0.25) is 5.02 Å². The van der Waals surface area contributed by atoms with Gasteiger partial charge < -0.3 is 4.52 Å². The second-order valence-electron chi connectivity index (χ2n) is 3.74. The van der Waals surface area contributed by atoms with Gasteiger partial charge in [0.05, 0.1) is 12.3 Å². The van der Waals surface area contributed by atoms with Crippen LogP contribution in [-0.2, 0) is 16.6 Å². The van der Waals surface area contributed by atoms with Gasteiger partial charge in [-0.2, -0.15) is 4.98 Å². The fourth-order valence-corrected chi connectivity index (χ4v) is 1.99. The van der Waals surface area contributed by atoms with E-state index < -0.39 is 10.0 Å². The highest BCUT2D eigenvalue weighted by Crippen LogP contribution is 2.18. The fraction of sp³-hybridized carbons (Fsp3) is 0.273. The molecular formula is C11H12ClN3O3S. The standard InChI is InChI=1S/C11H12ClN3O3S/c1-2-19(16,17)13-7-10-14-11(15-18-10)8-3-5-9(12)6-4-8/h3-6,13H,2,7H2,1H3. The van der Waals surface area contributed by atoms with Crippen molar-refractivity contribution in [3.05, 3.63) is 35.2 Å². The molecule has 0 bridgehead atoms. The number of nitrogens with zero attached hydrogens (tertiary/aromatic N) is 2. The first-order chi connectivity index (χ1) is 9.00. The molecule has 1 aromatic heterocycles. The van der Waals surface area contributed by atoms with Gasteiger partial charge in [-0.05, 0) is 31.2 Å². The van der Waals surface area contributed by atoms with Gasteiger partial charge in [0.2, 0.25) is 21.7 Å². The van der Waals surface area contributed by atoms with Crippen LogP contribution in [0.1, 0.15) is 12.8 Å². The molecule has 0 radical (unpaired) electrons. The Hall–Kier alpha value is -1.44. The van der Waals surface area contributed by atoms with Gasteiger partial charge in [-0.3, -0.25) is 0 Å². The van der Waals surface area contributed by atoms with E-state index in [0.29, 0.717) is 10.8 Å². The van der Waals surface area contributed by atoms with Crippen molar-refractivity contribution in [1.29, 1.82) is 0 Å². The average Bonchev–Trinajstić information content (AvgIpc) is 2.86. The highest BCUT2D eigenvalue weighted by molar-refractivity contribution is 7.89. The molecule has 8 heteroatoms. The zero-order valence-corrected chi connectivity index (χ0v) is 11.7. The Morgan fingerprint density at radius 1 is 1.32 bits per heavy atom. The van der Waals surface area contributed by atoms with Crippen molar-refractivity contribution in [3.8, 4) is 11.4 Å². The molecule has 0 saturated carbocycles. The van der Waals surface area contributed by atoms with E-state index in [9.17, 15) is 8.42 Å². The van der Waals surface area contributed by atoms with E-state index in [4.69, 9.17) is 16.1 Å². The van der Waals surface area contributed by atoms with Gasteiger partial charge in [0.15, 0.2) is 0 Å². The maximum atomic E-state index is 11.3. The first-order valence-corrected chi connectivity index (χ1v) is 7.59. The SMILES string of the molecule is CCS(=O)(=O)NCc1nc(-c2ccc(Cl)cc2)no1. The summed E-state index contributed by atoms with van der Waals surface area (Å²) >= 11 is 5.78. The lowest BCUT2D eigenvalue weighted by molar-refractivity contribution is 0.376. The van der Waals surface area contributed by atoms with Crippen LogP contribution in [0.25, 0.3) is 11.4 Å². The minimum Gasteiger partial charge on any atom is -0.338 e. The molecule has 19 heavy (non-hydrogen) atoms. The van der Waals surface area contributed by atoms with Crippen molar-refractivity contribution >= 4 is 21.6 Å². The smallest absolute Gasteiger partial charge is 0.242 e. The number of benzene rings is 1. The molecule has 6 nitrogen and oxygen atoms in total. The summed E-state index contributed by atoms with van der Waals surface area (Å²) in [5.74, 6) is 0.606. The zero-order valence-electron chi connectivity index (χ0n) is 10.1. The number of nitrogens with one attached hydrogen (secondary N) is 1. The highest BCUT2D eigenvalue weighted by atomic mass is 35.5. The molecule has 0 aliphatic rings. The number of hydrogen-bond donors (Lipinski definition) is 1. The van der Waals surface area contributed by atoms with Gasteiger partial charge in [0, 0.05) is 10.6 Å². The van der Waals surface area contributed by atoms with Crippen molar-refractivity contribution < 1.29 is 12.9 Å². The third-order valence-corrected chi connectivity index (χ3v) is 3.99. The van der Waals surface area contributed by atoms with Crippen molar-refractivity contribution in [2.45, 2.75) is 13.5 Å². The van der Waals surface area contributed by atoms with Crippen molar-refractivity contribution in [2.24, 2.45) is 0 Å².